The molecule has 0 aromatic heterocycles. The van der Waals surface area contributed by atoms with Gasteiger partial charge in [-0.3, -0.25) is 0 Å². The van der Waals surface area contributed by atoms with Crippen LogP contribution in [0.5, 0.6) is 0 Å². The summed E-state index contributed by atoms with van der Waals surface area (Å²) in [5.74, 6) is 1.05. The molecule has 0 radical (unpaired) electrons. The number of rotatable bonds is 0. The Morgan fingerprint density at radius 3 is 2.87 bits per heavy atom. The fourth-order valence-corrected chi connectivity index (χ4v) is 1.97. The maximum atomic E-state index is 4.52. The van der Waals surface area contributed by atoms with Crippen molar-refractivity contribution < 1.29 is 0 Å². The molecule has 1 aromatic carbocycles. The Balaban J connectivity index is 2.16. The molecule has 2 aliphatic rings. The molecule has 0 aliphatic carbocycles. The molecule has 0 spiro atoms. The third-order valence-corrected chi connectivity index (χ3v) is 2.71. The van der Waals surface area contributed by atoms with Crippen molar-refractivity contribution in [3.05, 3.63) is 47.4 Å². The first-order valence-corrected chi connectivity index (χ1v) is 5.13. The number of benzene rings is 1. The molecule has 0 unspecified atom stereocenters. The summed E-state index contributed by atoms with van der Waals surface area (Å²) in [4.78, 5) is 6.70. The average Bonchev–Trinajstić information content (AvgIpc) is 2.49. The lowest BCUT2D eigenvalue weighted by molar-refractivity contribution is 0.561. The molecule has 3 rings (SSSR count). The van der Waals surface area contributed by atoms with E-state index < -0.39 is 0 Å². The van der Waals surface area contributed by atoms with Gasteiger partial charge in [0.15, 0.2) is 0 Å². The van der Waals surface area contributed by atoms with Gasteiger partial charge in [-0.25, -0.2) is 4.99 Å². The van der Waals surface area contributed by atoms with E-state index in [4.69, 9.17) is 0 Å². The van der Waals surface area contributed by atoms with Gasteiger partial charge in [-0.05, 0) is 30.2 Å². The van der Waals surface area contributed by atoms with E-state index in [-0.39, 0.29) is 0 Å². The highest BCUT2D eigenvalue weighted by Gasteiger charge is 2.17. The van der Waals surface area contributed by atoms with Crippen molar-refractivity contribution in [3.8, 4) is 0 Å². The molecule has 0 saturated carbocycles. The number of aliphatic imine (C=N–C) groups is 1. The fraction of sp³-hybridized carbons (Fsp3) is 0.154. The van der Waals surface area contributed by atoms with Gasteiger partial charge in [0.25, 0.3) is 0 Å². The van der Waals surface area contributed by atoms with E-state index >= 15 is 0 Å². The van der Waals surface area contributed by atoms with Crippen LogP contribution in [0.25, 0.3) is 12.2 Å². The Labute approximate surface area is 89.3 Å². The van der Waals surface area contributed by atoms with Gasteiger partial charge >= 0.3 is 0 Å². The molecular formula is C13H12N2. The normalized spacial score (nSPS) is 17.8. The second-order valence-corrected chi connectivity index (χ2v) is 3.92. The van der Waals surface area contributed by atoms with Crippen LogP contribution in [0.3, 0.4) is 0 Å². The summed E-state index contributed by atoms with van der Waals surface area (Å²) in [6.45, 7) is 2.98. The number of hydrogen-bond donors (Lipinski definition) is 0. The van der Waals surface area contributed by atoms with Crippen LogP contribution in [0, 0.1) is 0 Å². The molecule has 0 bridgehead atoms. The van der Waals surface area contributed by atoms with Gasteiger partial charge in [0, 0.05) is 11.9 Å². The van der Waals surface area contributed by atoms with E-state index in [0.29, 0.717) is 0 Å². The maximum Gasteiger partial charge on any atom is 0.133 e. The number of nitrogens with zero attached hydrogens (tertiary/aromatic N) is 2. The van der Waals surface area contributed by atoms with Gasteiger partial charge in [0.1, 0.15) is 5.82 Å². The summed E-state index contributed by atoms with van der Waals surface area (Å²) in [5, 5.41) is 0. The molecule has 74 valence electrons. The van der Waals surface area contributed by atoms with Crippen LogP contribution in [-0.2, 0) is 0 Å². The van der Waals surface area contributed by atoms with E-state index in [1.807, 2.05) is 0 Å². The Morgan fingerprint density at radius 1 is 1.20 bits per heavy atom. The lowest BCUT2D eigenvalue weighted by Gasteiger charge is -2.10. The lowest BCUT2D eigenvalue weighted by atomic mass is 10.1. The van der Waals surface area contributed by atoms with E-state index in [2.05, 4.69) is 59.4 Å². The summed E-state index contributed by atoms with van der Waals surface area (Å²) in [5.41, 5.74) is 3.67. The van der Waals surface area contributed by atoms with Crippen molar-refractivity contribution in [3.63, 3.8) is 0 Å². The third-order valence-electron chi connectivity index (χ3n) is 2.71. The van der Waals surface area contributed by atoms with E-state index in [1.165, 1.54) is 16.8 Å². The SMILES string of the molecule is CC1=NC2=Cc3ccccc3C=CN2C1. The number of hydrogen-bond acceptors (Lipinski definition) is 2. The Hall–Kier alpha value is -1.83. The average molecular weight is 196 g/mol. The molecule has 2 nitrogen and oxygen atoms in total. The fourth-order valence-electron chi connectivity index (χ4n) is 1.97. The van der Waals surface area contributed by atoms with Gasteiger partial charge in [-0.15, -0.1) is 0 Å². The van der Waals surface area contributed by atoms with Crippen LogP contribution in [-0.4, -0.2) is 17.2 Å². The minimum atomic E-state index is 0.913. The predicted molar refractivity (Wildman–Crippen MR) is 63.3 cm³/mol. The first-order valence-electron chi connectivity index (χ1n) is 5.13. The highest BCUT2D eigenvalue weighted by atomic mass is 15.2. The summed E-state index contributed by atoms with van der Waals surface area (Å²) in [7, 11) is 0. The Bertz CT molecular complexity index is 495. The zero-order valence-electron chi connectivity index (χ0n) is 8.64. The van der Waals surface area contributed by atoms with Gasteiger partial charge in [-0.2, -0.15) is 0 Å². The van der Waals surface area contributed by atoms with Crippen LogP contribution < -0.4 is 0 Å². The van der Waals surface area contributed by atoms with Gasteiger partial charge in [0.05, 0.1) is 6.54 Å². The highest BCUT2D eigenvalue weighted by molar-refractivity contribution is 5.89. The molecule has 2 aliphatic heterocycles. The molecule has 0 N–H and O–H groups in total. The lowest BCUT2D eigenvalue weighted by Crippen LogP contribution is -2.13. The monoisotopic (exact) mass is 196 g/mol. The van der Waals surface area contributed by atoms with E-state index in [9.17, 15) is 0 Å². The van der Waals surface area contributed by atoms with Gasteiger partial charge < -0.3 is 4.90 Å². The largest absolute Gasteiger partial charge is 0.327 e. The molecule has 0 amide bonds. The van der Waals surface area contributed by atoms with Crippen molar-refractivity contribution in [2.45, 2.75) is 6.92 Å². The Morgan fingerprint density at radius 2 is 2.00 bits per heavy atom. The van der Waals surface area contributed by atoms with Crippen molar-refractivity contribution in [1.82, 2.24) is 4.90 Å². The summed E-state index contributed by atoms with van der Waals surface area (Å²) in [6, 6.07) is 8.37. The molecule has 0 atom stereocenters. The van der Waals surface area contributed by atoms with Crippen LogP contribution in [0.15, 0.2) is 41.3 Å². The van der Waals surface area contributed by atoms with E-state index in [1.54, 1.807) is 0 Å². The summed E-state index contributed by atoms with van der Waals surface area (Å²) >= 11 is 0. The van der Waals surface area contributed by atoms with Gasteiger partial charge in [0.2, 0.25) is 0 Å². The molecule has 15 heavy (non-hydrogen) atoms. The van der Waals surface area contributed by atoms with Crippen molar-refractivity contribution in [2.24, 2.45) is 4.99 Å². The standard InChI is InChI=1S/C13H12N2/c1-10-9-15-7-6-11-4-2-3-5-12(11)8-13(15)14-10/h2-8H,9H2,1H3. The quantitative estimate of drug-likeness (QED) is 0.623. The minimum Gasteiger partial charge on any atom is -0.327 e. The molecular weight excluding hydrogens is 184 g/mol. The van der Waals surface area contributed by atoms with Crippen LogP contribution in [0.2, 0.25) is 0 Å². The number of fused-ring (bicyclic) bond motifs is 2. The predicted octanol–water partition coefficient (Wildman–Crippen LogP) is 2.75. The Kier molecular flexibility index (Phi) is 1.75. The third kappa shape index (κ3) is 1.38. The zero-order chi connectivity index (χ0) is 10.3. The van der Waals surface area contributed by atoms with Crippen LogP contribution in [0.4, 0.5) is 0 Å². The zero-order valence-corrected chi connectivity index (χ0v) is 8.64. The molecule has 2 heteroatoms. The van der Waals surface area contributed by atoms with Crippen molar-refractivity contribution >= 4 is 17.9 Å². The van der Waals surface area contributed by atoms with Gasteiger partial charge in [-0.1, -0.05) is 24.3 Å². The second-order valence-electron chi connectivity index (χ2n) is 3.92. The maximum absolute atomic E-state index is 4.52. The first-order chi connectivity index (χ1) is 7.33. The summed E-state index contributed by atoms with van der Waals surface area (Å²) < 4.78 is 0. The molecule has 0 fully saturated rings. The van der Waals surface area contributed by atoms with Crippen molar-refractivity contribution in [2.75, 3.05) is 6.54 Å². The van der Waals surface area contributed by atoms with Crippen LogP contribution >= 0.6 is 0 Å². The smallest absolute Gasteiger partial charge is 0.133 e. The molecule has 1 aromatic rings. The first kappa shape index (κ1) is 8.48. The summed E-state index contributed by atoms with van der Waals surface area (Å²) in [6.07, 6.45) is 6.40. The molecule has 2 heterocycles. The van der Waals surface area contributed by atoms with Crippen molar-refractivity contribution in [1.29, 1.82) is 0 Å². The highest BCUT2D eigenvalue weighted by Crippen LogP contribution is 2.25. The topological polar surface area (TPSA) is 15.6 Å². The van der Waals surface area contributed by atoms with Crippen LogP contribution in [0.1, 0.15) is 18.1 Å². The second kappa shape index (κ2) is 3.09. The minimum absolute atomic E-state index is 0.913. The molecule has 0 saturated heterocycles. The van der Waals surface area contributed by atoms with E-state index in [0.717, 1.165) is 12.4 Å².